The zero-order chi connectivity index (χ0) is 14.1. The number of ether oxygens (including phenoxy) is 1. The summed E-state index contributed by atoms with van der Waals surface area (Å²) in [6.45, 7) is 3.21. The Labute approximate surface area is 110 Å². The lowest BCUT2D eigenvalue weighted by Gasteiger charge is -2.07. The van der Waals surface area contributed by atoms with Gasteiger partial charge in [0.15, 0.2) is 0 Å². The fourth-order valence-electron chi connectivity index (χ4n) is 1.53. The van der Waals surface area contributed by atoms with Gasteiger partial charge in [0.1, 0.15) is 6.61 Å². The molecule has 1 aromatic rings. The molecule has 0 unspecified atom stereocenters. The minimum Gasteiger partial charge on any atom is -0.372 e. The molecule has 0 aliphatic carbocycles. The Bertz CT molecular complexity index is 352. The van der Waals surface area contributed by atoms with E-state index in [4.69, 9.17) is 0 Å². The summed E-state index contributed by atoms with van der Waals surface area (Å²) >= 11 is 0. The third-order valence-corrected chi connectivity index (χ3v) is 2.37. The van der Waals surface area contributed by atoms with Crippen LogP contribution in [0.3, 0.4) is 0 Å². The molecule has 1 heterocycles. The number of hydrogen-bond acceptors (Lipinski definition) is 3. The first-order chi connectivity index (χ1) is 9.01. The molecule has 1 rings (SSSR count). The molecule has 0 saturated carbocycles. The second-order valence-corrected chi connectivity index (χ2v) is 4.27. The Balaban J connectivity index is 2.12. The van der Waals surface area contributed by atoms with Gasteiger partial charge in [0.2, 0.25) is 0 Å². The molecule has 0 aromatic carbocycles. The highest BCUT2D eigenvalue weighted by Crippen LogP contribution is 2.14. The summed E-state index contributed by atoms with van der Waals surface area (Å²) in [5.41, 5.74) is 0.935. The van der Waals surface area contributed by atoms with Crippen LogP contribution in [0.1, 0.15) is 25.5 Å². The van der Waals surface area contributed by atoms with Crippen molar-refractivity contribution in [2.45, 2.75) is 39.0 Å². The van der Waals surface area contributed by atoms with Gasteiger partial charge in [0.25, 0.3) is 0 Å². The van der Waals surface area contributed by atoms with E-state index < -0.39 is 12.8 Å². The van der Waals surface area contributed by atoms with E-state index in [2.05, 4.69) is 22.1 Å². The average molecular weight is 279 g/mol. The molecule has 19 heavy (non-hydrogen) atoms. The van der Waals surface area contributed by atoms with Crippen LogP contribution in [0.4, 0.5) is 13.2 Å². The van der Waals surface area contributed by atoms with Crippen LogP contribution in [-0.2, 0) is 17.8 Å². The van der Waals surface area contributed by atoms with Crippen LogP contribution in [0.15, 0.2) is 12.3 Å². The molecular formula is C12H20F3N3O. The standard InChI is InChI=1S/C12H20F3N3O/c1-2-5-16-9-11-4-7-18(17-11)6-3-8-19-10-12(13,14)15/h4,7,16H,2-3,5-6,8-10H2,1H3. The molecule has 1 aromatic heterocycles. The van der Waals surface area contributed by atoms with E-state index in [0.29, 0.717) is 19.5 Å². The van der Waals surface area contributed by atoms with Crippen molar-refractivity contribution in [1.29, 1.82) is 0 Å². The molecule has 0 aliphatic heterocycles. The van der Waals surface area contributed by atoms with Crippen molar-refractivity contribution in [3.8, 4) is 0 Å². The summed E-state index contributed by atoms with van der Waals surface area (Å²) in [6.07, 6.45) is -0.840. The Morgan fingerprint density at radius 1 is 1.42 bits per heavy atom. The first kappa shape index (κ1) is 16.0. The van der Waals surface area contributed by atoms with E-state index in [1.165, 1.54) is 0 Å². The van der Waals surface area contributed by atoms with Crippen molar-refractivity contribution in [1.82, 2.24) is 15.1 Å². The van der Waals surface area contributed by atoms with Crippen molar-refractivity contribution in [2.75, 3.05) is 19.8 Å². The zero-order valence-electron chi connectivity index (χ0n) is 11.0. The van der Waals surface area contributed by atoms with Crippen molar-refractivity contribution in [2.24, 2.45) is 0 Å². The SMILES string of the molecule is CCCNCc1ccn(CCCOCC(F)(F)F)n1. The van der Waals surface area contributed by atoms with Gasteiger partial charge in [-0.1, -0.05) is 6.92 Å². The van der Waals surface area contributed by atoms with E-state index in [1.807, 2.05) is 12.3 Å². The Kier molecular flexibility index (Phi) is 6.86. The monoisotopic (exact) mass is 279 g/mol. The van der Waals surface area contributed by atoms with Gasteiger partial charge in [-0.15, -0.1) is 0 Å². The molecule has 0 aliphatic rings. The fourth-order valence-corrected chi connectivity index (χ4v) is 1.53. The lowest BCUT2D eigenvalue weighted by Crippen LogP contribution is -2.18. The zero-order valence-corrected chi connectivity index (χ0v) is 11.0. The highest BCUT2D eigenvalue weighted by Gasteiger charge is 2.27. The van der Waals surface area contributed by atoms with E-state index >= 15 is 0 Å². The van der Waals surface area contributed by atoms with Crippen molar-refractivity contribution in [3.63, 3.8) is 0 Å². The number of aromatic nitrogens is 2. The summed E-state index contributed by atoms with van der Waals surface area (Å²) in [5, 5.41) is 7.54. The van der Waals surface area contributed by atoms with Gasteiger partial charge < -0.3 is 10.1 Å². The average Bonchev–Trinajstić information content (AvgIpc) is 2.75. The predicted octanol–water partition coefficient (Wildman–Crippen LogP) is 2.35. The topological polar surface area (TPSA) is 39.1 Å². The van der Waals surface area contributed by atoms with E-state index in [9.17, 15) is 13.2 Å². The quantitative estimate of drug-likeness (QED) is 0.705. The third kappa shape index (κ3) is 7.84. The first-order valence-electron chi connectivity index (χ1n) is 6.39. The Hall–Kier alpha value is -1.08. The molecule has 0 atom stereocenters. The second-order valence-electron chi connectivity index (χ2n) is 4.27. The van der Waals surface area contributed by atoms with Crippen LogP contribution in [-0.4, -0.2) is 35.7 Å². The van der Waals surface area contributed by atoms with Crippen LogP contribution < -0.4 is 5.32 Å². The molecule has 1 N–H and O–H groups in total. The number of nitrogens with zero attached hydrogens (tertiary/aromatic N) is 2. The van der Waals surface area contributed by atoms with Gasteiger partial charge in [-0.25, -0.2) is 0 Å². The maximum absolute atomic E-state index is 11.8. The number of halogens is 3. The largest absolute Gasteiger partial charge is 0.411 e. The molecule has 7 heteroatoms. The molecule has 0 spiro atoms. The lowest BCUT2D eigenvalue weighted by atomic mass is 10.4. The number of nitrogens with one attached hydrogen (secondary N) is 1. The molecule has 0 fully saturated rings. The summed E-state index contributed by atoms with van der Waals surface area (Å²) in [7, 11) is 0. The number of rotatable bonds is 9. The number of alkyl halides is 3. The smallest absolute Gasteiger partial charge is 0.372 e. The molecule has 0 bridgehead atoms. The van der Waals surface area contributed by atoms with Gasteiger partial charge >= 0.3 is 6.18 Å². The molecule has 0 radical (unpaired) electrons. The van der Waals surface area contributed by atoms with Crippen molar-refractivity contribution in [3.05, 3.63) is 18.0 Å². The normalized spacial score (nSPS) is 12.0. The summed E-state index contributed by atoms with van der Waals surface area (Å²) < 4.78 is 41.7. The summed E-state index contributed by atoms with van der Waals surface area (Å²) in [4.78, 5) is 0. The first-order valence-corrected chi connectivity index (χ1v) is 6.39. The minimum absolute atomic E-state index is 0.0861. The molecular weight excluding hydrogens is 259 g/mol. The van der Waals surface area contributed by atoms with Gasteiger partial charge in [-0.05, 0) is 25.5 Å². The Morgan fingerprint density at radius 2 is 2.21 bits per heavy atom. The predicted molar refractivity (Wildman–Crippen MR) is 65.7 cm³/mol. The van der Waals surface area contributed by atoms with E-state index in [0.717, 1.165) is 18.7 Å². The number of hydrogen-bond donors (Lipinski definition) is 1. The Morgan fingerprint density at radius 3 is 2.89 bits per heavy atom. The molecule has 4 nitrogen and oxygen atoms in total. The van der Waals surface area contributed by atoms with E-state index in [-0.39, 0.29) is 6.61 Å². The van der Waals surface area contributed by atoms with Gasteiger partial charge in [-0.2, -0.15) is 18.3 Å². The maximum atomic E-state index is 11.8. The van der Waals surface area contributed by atoms with E-state index in [1.54, 1.807) is 4.68 Å². The fraction of sp³-hybridized carbons (Fsp3) is 0.750. The molecule has 0 saturated heterocycles. The van der Waals surface area contributed by atoms with Gasteiger partial charge in [0.05, 0.1) is 5.69 Å². The van der Waals surface area contributed by atoms with Crippen LogP contribution in [0.2, 0.25) is 0 Å². The minimum atomic E-state index is -4.25. The second kappa shape index (κ2) is 8.16. The van der Waals surface area contributed by atoms with Gasteiger partial charge in [-0.3, -0.25) is 4.68 Å². The van der Waals surface area contributed by atoms with Crippen LogP contribution in [0, 0.1) is 0 Å². The molecule has 0 amide bonds. The maximum Gasteiger partial charge on any atom is 0.411 e. The third-order valence-electron chi connectivity index (χ3n) is 2.37. The van der Waals surface area contributed by atoms with Crippen molar-refractivity contribution < 1.29 is 17.9 Å². The van der Waals surface area contributed by atoms with Crippen LogP contribution in [0.25, 0.3) is 0 Å². The highest BCUT2D eigenvalue weighted by atomic mass is 19.4. The van der Waals surface area contributed by atoms with Crippen LogP contribution in [0.5, 0.6) is 0 Å². The van der Waals surface area contributed by atoms with Crippen molar-refractivity contribution >= 4 is 0 Å². The number of aryl methyl sites for hydroxylation is 1. The summed E-state index contributed by atoms with van der Waals surface area (Å²) in [5.74, 6) is 0. The molecule has 110 valence electrons. The van der Waals surface area contributed by atoms with Crippen LogP contribution >= 0.6 is 0 Å². The van der Waals surface area contributed by atoms with Gasteiger partial charge in [0, 0.05) is 25.9 Å². The summed E-state index contributed by atoms with van der Waals surface area (Å²) in [6, 6.07) is 1.90. The lowest BCUT2D eigenvalue weighted by molar-refractivity contribution is -0.174. The highest BCUT2D eigenvalue weighted by molar-refractivity contribution is 4.98.